The van der Waals surface area contributed by atoms with E-state index in [1.54, 1.807) is 0 Å². The van der Waals surface area contributed by atoms with E-state index in [1.165, 1.54) is 0 Å². The summed E-state index contributed by atoms with van der Waals surface area (Å²) in [5.74, 6) is -8.89. The predicted octanol–water partition coefficient (Wildman–Crippen LogP) is 2.17. The number of sulfone groups is 1. The lowest BCUT2D eigenvalue weighted by molar-refractivity contribution is -0.386. The Hall–Kier alpha value is -2.50. The average molecular weight is 530 g/mol. The molecule has 0 saturated carbocycles. The molecule has 0 aliphatic carbocycles. The minimum atomic E-state index is -6.76. The number of benzene rings is 1. The van der Waals surface area contributed by atoms with Crippen molar-refractivity contribution in [2.75, 3.05) is 18.1 Å². The monoisotopic (exact) mass is 530 g/mol. The molecule has 1 aliphatic heterocycles. The van der Waals surface area contributed by atoms with Gasteiger partial charge in [-0.1, -0.05) is 0 Å². The van der Waals surface area contributed by atoms with E-state index in [0.29, 0.717) is 12.1 Å². The van der Waals surface area contributed by atoms with Crippen molar-refractivity contribution in [1.82, 2.24) is 5.32 Å². The van der Waals surface area contributed by atoms with E-state index >= 15 is 0 Å². The fraction of sp³-hybridized carbons (Fsp3) is 0.533. The third-order valence-corrected chi connectivity index (χ3v) is 7.42. The molecule has 2 unspecified atom stereocenters. The number of nitro groups is 1. The first kappa shape index (κ1) is 26.7. The minimum absolute atomic E-state index is 0.0489. The molecular weight excluding hydrogens is 517 g/mol. The van der Waals surface area contributed by atoms with E-state index in [2.05, 4.69) is 5.32 Å². The van der Waals surface area contributed by atoms with Gasteiger partial charge in [-0.05, 0) is 18.6 Å². The lowest BCUT2D eigenvalue weighted by Gasteiger charge is -2.27. The number of amides is 1. The lowest BCUT2D eigenvalue weighted by Crippen LogP contribution is -2.54. The van der Waals surface area contributed by atoms with Crippen LogP contribution in [0, 0.1) is 10.1 Å². The van der Waals surface area contributed by atoms with E-state index in [0.717, 1.165) is 0 Å². The van der Waals surface area contributed by atoms with E-state index in [9.17, 15) is 58.3 Å². The summed E-state index contributed by atoms with van der Waals surface area (Å²) in [7, 11) is -7.70. The zero-order valence-electron chi connectivity index (χ0n) is 15.9. The Bertz CT molecular complexity index is 1080. The van der Waals surface area contributed by atoms with Crippen molar-refractivity contribution in [2.45, 2.75) is 34.7 Å². The van der Waals surface area contributed by atoms with E-state index in [4.69, 9.17) is 4.74 Å². The second-order valence-electron chi connectivity index (χ2n) is 6.70. The summed E-state index contributed by atoms with van der Waals surface area (Å²) in [6.07, 6.45) is -6.64. The second-order valence-corrected chi connectivity index (χ2v) is 10.5. The lowest BCUT2D eigenvalue weighted by atomic mass is 10.2. The van der Waals surface area contributed by atoms with Gasteiger partial charge in [-0.3, -0.25) is 14.9 Å². The quantitative estimate of drug-likeness (QED) is 0.310. The first-order chi connectivity index (χ1) is 14.9. The molecule has 1 fully saturated rings. The summed E-state index contributed by atoms with van der Waals surface area (Å²) in [5, 5.41) is 7.26. The Morgan fingerprint density at radius 2 is 1.82 bits per heavy atom. The van der Waals surface area contributed by atoms with Gasteiger partial charge in [0, 0.05) is 12.1 Å². The molecule has 1 amide bonds. The van der Waals surface area contributed by atoms with Crippen LogP contribution in [0.4, 0.5) is 36.4 Å². The van der Waals surface area contributed by atoms with Gasteiger partial charge in [0.1, 0.15) is 10.8 Å². The molecule has 1 N–H and O–H groups in total. The van der Waals surface area contributed by atoms with Gasteiger partial charge in [0.05, 0.1) is 21.3 Å². The molecule has 0 radical (unpaired) electrons. The van der Waals surface area contributed by atoms with E-state index < -0.39 is 77.8 Å². The molecule has 9 nitrogen and oxygen atoms in total. The maximum atomic E-state index is 13.6. The van der Waals surface area contributed by atoms with Gasteiger partial charge in [0.25, 0.3) is 5.91 Å². The number of alkyl halides is 7. The fourth-order valence-electron chi connectivity index (χ4n) is 2.63. The summed E-state index contributed by atoms with van der Waals surface area (Å²) < 4.78 is 130. The summed E-state index contributed by atoms with van der Waals surface area (Å²) in [5.41, 5.74) is -1.25. The van der Waals surface area contributed by atoms with Crippen LogP contribution in [-0.4, -0.2) is 65.0 Å². The number of hydrogen-bond donors (Lipinski definition) is 1. The molecule has 0 aromatic heterocycles. The van der Waals surface area contributed by atoms with E-state index in [1.807, 2.05) is 0 Å². The molecule has 2 atom stereocenters. The number of carbonyl (C=O) groups is 1. The van der Waals surface area contributed by atoms with Crippen LogP contribution in [0.5, 0.6) is 5.75 Å². The van der Waals surface area contributed by atoms with Gasteiger partial charge in [-0.2, -0.15) is 30.7 Å². The molecule has 33 heavy (non-hydrogen) atoms. The number of nitro benzene ring substituents is 1. The fourth-order valence-corrected chi connectivity index (χ4v) is 5.36. The molecular formula is C15H13F7N2O7S2. The Kier molecular flexibility index (Phi) is 7.32. The van der Waals surface area contributed by atoms with Gasteiger partial charge >= 0.3 is 23.0 Å². The van der Waals surface area contributed by atoms with Crippen molar-refractivity contribution in [2.24, 2.45) is 0 Å². The smallest absolute Gasteiger partial charge is 0.461 e. The van der Waals surface area contributed by atoms with Crippen LogP contribution in [-0.2, 0) is 25.4 Å². The molecule has 1 aromatic rings. The number of nitrogens with one attached hydrogen (secondary N) is 1. The predicted molar refractivity (Wildman–Crippen MR) is 96.2 cm³/mol. The van der Waals surface area contributed by atoms with Crippen molar-refractivity contribution in [1.29, 1.82) is 0 Å². The Balaban J connectivity index is 2.20. The highest BCUT2D eigenvalue weighted by atomic mass is 32.2. The van der Waals surface area contributed by atoms with Crippen LogP contribution in [0.25, 0.3) is 0 Å². The Morgan fingerprint density at radius 1 is 1.21 bits per heavy atom. The van der Waals surface area contributed by atoms with Crippen LogP contribution in [0.3, 0.4) is 0 Å². The largest absolute Gasteiger partial charge is 0.477 e. The van der Waals surface area contributed by atoms with Crippen LogP contribution >= 0.6 is 0 Å². The first-order valence-electron chi connectivity index (χ1n) is 8.54. The topological polar surface area (TPSA) is 133 Å². The molecule has 18 heteroatoms. The highest BCUT2D eigenvalue weighted by Crippen LogP contribution is 2.49. The molecule has 0 spiro atoms. The van der Waals surface area contributed by atoms with Crippen LogP contribution in [0.15, 0.2) is 23.1 Å². The number of carbonyl (C=O) groups excluding carboxylic acids is 1. The zero-order chi connectivity index (χ0) is 25.4. The summed E-state index contributed by atoms with van der Waals surface area (Å²) in [4.78, 5) is 20.3. The zero-order valence-corrected chi connectivity index (χ0v) is 17.5. The molecule has 1 aliphatic rings. The number of ether oxygens (including phenoxy) is 1. The van der Waals surface area contributed by atoms with Gasteiger partial charge < -0.3 is 10.1 Å². The van der Waals surface area contributed by atoms with Crippen LogP contribution in [0.2, 0.25) is 0 Å². The summed E-state index contributed by atoms with van der Waals surface area (Å²) in [6, 6.07) is 0.136. The highest BCUT2D eigenvalue weighted by molar-refractivity contribution is 7.91. The van der Waals surface area contributed by atoms with Crippen molar-refractivity contribution in [3.05, 3.63) is 28.3 Å². The van der Waals surface area contributed by atoms with Crippen LogP contribution < -0.4 is 10.1 Å². The maximum absolute atomic E-state index is 13.6. The van der Waals surface area contributed by atoms with Gasteiger partial charge in [-0.25, -0.2) is 12.6 Å². The molecule has 0 bridgehead atoms. The summed E-state index contributed by atoms with van der Waals surface area (Å²) in [6.45, 7) is -0.915. The highest BCUT2D eigenvalue weighted by Gasteiger charge is 2.76. The number of hydrogen-bond acceptors (Lipinski definition) is 7. The van der Waals surface area contributed by atoms with Gasteiger partial charge in [0.2, 0.25) is 0 Å². The summed E-state index contributed by atoms with van der Waals surface area (Å²) >= 11 is 0. The number of nitrogens with zero attached hydrogens (tertiary/aromatic N) is 1. The third-order valence-electron chi connectivity index (χ3n) is 4.25. The molecule has 1 saturated heterocycles. The SMILES string of the molecule is O=C(COc1ccc(S(=O)C(F)(F)C(F)(F)C(F)(F)F)cc1[N+](=O)[O-])NC1CCS(=O)(=O)C1. The van der Waals surface area contributed by atoms with Gasteiger partial charge in [-0.15, -0.1) is 0 Å². The van der Waals surface area contributed by atoms with Gasteiger partial charge in [0.15, 0.2) is 22.2 Å². The molecule has 186 valence electrons. The number of halogens is 7. The molecule has 1 aromatic carbocycles. The number of rotatable bonds is 8. The third kappa shape index (κ3) is 5.71. The van der Waals surface area contributed by atoms with Crippen molar-refractivity contribution in [3.8, 4) is 5.75 Å². The van der Waals surface area contributed by atoms with Crippen LogP contribution in [0.1, 0.15) is 6.42 Å². The average Bonchev–Trinajstić information content (AvgIpc) is 3.02. The normalized spacial score (nSPS) is 19.7. The van der Waals surface area contributed by atoms with E-state index in [-0.39, 0.29) is 24.0 Å². The molecule has 1 heterocycles. The minimum Gasteiger partial charge on any atom is -0.477 e. The maximum Gasteiger partial charge on any atom is 0.461 e. The first-order valence-corrected chi connectivity index (χ1v) is 11.5. The second kappa shape index (κ2) is 9.03. The van der Waals surface area contributed by atoms with Crippen molar-refractivity contribution in [3.63, 3.8) is 0 Å². The van der Waals surface area contributed by atoms with Crippen molar-refractivity contribution < 1.29 is 57.8 Å². The Labute approximate surface area is 182 Å². The van der Waals surface area contributed by atoms with Crippen molar-refractivity contribution >= 4 is 32.2 Å². The molecule has 2 rings (SSSR count). The standard InChI is InChI=1S/C15H13F7N2O7S2/c16-13(17,14(18,19)20)15(21,22)32(28)9-1-2-11(10(5-9)24(26)27)31-6-12(25)23-8-3-4-33(29,30)7-8/h1-2,5,8H,3-4,6-7H2,(H,23,25). The Morgan fingerprint density at radius 3 is 2.30 bits per heavy atom.